The van der Waals surface area contributed by atoms with Gasteiger partial charge < -0.3 is 0 Å². The molecule has 1 N–H and O–H groups in total. The van der Waals surface area contributed by atoms with Gasteiger partial charge in [0.1, 0.15) is 0 Å². The molecule has 3 nitrogen and oxygen atoms in total. The molecule has 0 aliphatic heterocycles. The van der Waals surface area contributed by atoms with Gasteiger partial charge in [-0.15, -0.1) is 0 Å². The summed E-state index contributed by atoms with van der Waals surface area (Å²) in [6.07, 6.45) is 0. The number of hydrogen-bond donors (Lipinski definition) is 1. The van der Waals surface area contributed by atoms with Gasteiger partial charge in [-0.2, -0.15) is 0 Å². The first kappa shape index (κ1) is 13.5. The minimum absolute atomic E-state index is 0.579. The molecule has 0 amide bonds. The van der Waals surface area contributed by atoms with E-state index in [2.05, 4.69) is 20.7 Å². The number of anilines is 1. The van der Waals surface area contributed by atoms with Crippen LogP contribution < -0.4 is 4.72 Å². The molecule has 0 bridgehead atoms. The first-order valence-electron chi connectivity index (χ1n) is 4.92. The summed E-state index contributed by atoms with van der Waals surface area (Å²) < 4.78 is 26.5. The van der Waals surface area contributed by atoms with Gasteiger partial charge >= 0.3 is 0 Å². The second-order valence-corrected chi connectivity index (χ2v) is 7.88. The molecule has 0 saturated heterocycles. The molecule has 16 heavy (non-hydrogen) atoms. The Bertz CT molecular complexity index is 489. The Balaban J connectivity index is 3.12. The molecular weight excluding hydrogens is 290 g/mol. The van der Waals surface area contributed by atoms with Crippen LogP contribution in [-0.2, 0) is 10.0 Å². The van der Waals surface area contributed by atoms with Crippen LogP contribution in [0.15, 0.2) is 22.7 Å². The van der Waals surface area contributed by atoms with E-state index < -0.39 is 14.8 Å². The predicted octanol–water partition coefficient (Wildman–Crippen LogP) is 3.30. The van der Waals surface area contributed by atoms with Crippen LogP contribution in [0.25, 0.3) is 0 Å². The number of nitrogens with one attached hydrogen (secondary N) is 1. The molecule has 0 spiro atoms. The van der Waals surface area contributed by atoms with Crippen molar-refractivity contribution in [2.75, 3.05) is 4.72 Å². The van der Waals surface area contributed by atoms with E-state index in [-0.39, 0.29) is 0 Å². The van der Waals surface area contributed by atoms with E-state index in [1.165, 1.54) is 0 Å². The Labute approximate surface area is 105 Å². The number of sulfonamides is 1. The Kier molecular flexibility index (Phi) is 3.69. The van der Waals surface area contributed by atoms with Crippen LogP contribution in [0.1, 0.15) is 26.3 Å². The topological polar surface area (TPSA) is 46.2 Å². The quantitative estimate of drug-likeness (QED) is 0.911. The van der Waals surface area contributed by atoms with E-state index in [9.17, 15) is 8.42 Å². The first-order chi connectivity index (χ1) is 7.15. The van der Waals surface area contributed by atoms with Crippen molar-refractivity contribution in [2.45, 2.75) is 32.4 Å². The molecule has 0 saturated carbocycles. The van der Waals surface area contributed by atoms with Gasteiger partial charge in [0, 0.05) is 4.47 Å². The lowest BCUT2D eigenvalue weighted by atomic mass is 10.2. The standard InChI is InChI=1S/C11H16BrNO2S/c1-8-6-5-7-9(10(8)12)13-16(14,15)11(2,3)4/h5-7,13H,1-4H3. The summed E-state index contributed by atoms with van der Waals surface area (Å²) in [7, 11) is -3.37. The van der Waals surface area contributed by atoms with E-state index in [1.54, 1.807) is 26.8 Å². The summed E-state index contributed by atoms with van der Waals surface area (Å²) in [6.45, 7) is 6.91. The Morgan fingerprint density at radius 3 is 2.31 bits per heavy atom. The van der Waals surface area contributed by atoms with Gasteiger partial charge in [0.15, 0.2) is 0 Å². The third kappa shape index (κ3) is 2.77. The lowest BCUT2D eigenvalue weighted by Crippen LogP contribution is -2.33. The minimum Gasteiger partial charge on any atom is -0.282 e. The maximum absolute atomic E-state index is 12.0. The van der Waals surface area contributed by atoms with Crippen LogP contribution in [0, 0.1) is 6.92 Å². The minimum atomic E-state index is -3.37. The summed E-state index contributed by atoms with van der Waals surface area (Å²) in [5.74, 6) is 0. The molecule has 0 aromatic heterocycles. The molecule has 5 heteroatoms. The van der Waals surface area contributed by atoms with Crippen molar-refractivity contribution in [3.8, 4) is 0 Å². The highest BCUT2D eigenvalue weighted by atomic mass is 79.9. The number of aryl methyl sites for hydroxylation is 1. The van der Waals surface area contributed by atoms with E-state index in [0.29, 0.717) is 5.69 Å². The van der Waals surface area contributed by atoms with Crippen LogP contribution in [0.4, 0.5) is 5.69 Å². The van der Waals surface area contributed by atoms with Crippen LogP contribution in [0.5, 0.6) is 0 Å². The molecule has 0 heterocycles. The molecule has 0 unspecified atom stereocenters. The molecule has 1 aromatic rings. The molecule has 0 aliphatic rings. The molecule has 0 aliphatic carbocycles. The van der Waals surface area contributed by atoms with E-state index in [0.717, 1.165) is 10.0 Å². The average molecular weight is 306 g/mol. The smallest absolute Gasteiger partial charge is 0.237 e. The fourth-order valence-corrected chi connectivity index (χ4v) is 2.28. The van der Waals surface area contributed by atoms with Crippen molar-refractivity contribution in [2.24, 2.45) is 0 Å². The van der Waals surface area contributed by atoms with E-state index in [4.69, 9.17) is 0 Å². The number of rotatable bonds is 2. The van der Waals surface area contributed by atoms with Crippen LogP contribution in [0.2, 0.25) is 0 Å². The molecular formula is C11H16BrNO2S. The zero-order chi connectivity index (χ0) is 12.6. The van der Waals surface area contributed by atoms with Gasteiger partial charge in [-0.05, 0) is 55.3 Å². The van der Waals surface area contributed by atoms with Crippen molar-refractivity contribution in [3.63, 3.8) is 0 Å². The average Bonchev–Trinajstić information content (AvgIpc) is 2.11. The molecule has 0 fully saturated rings. The summed E-state index contributed by atoms with van der Waals surface area (Å²) in [6, 6.07) is 5.47. The van der Waals surface area contributed by atoms with Gasteiger partial charge in [-0.1, -0.05) is 12.1 Å². The summed E-state index contributed by atoms with van der Waals surface area (Å²) >= 11 is 3.37. The zero-order valence-corrected chi connectivity index (χ0v) is 12.2. The Hall–Kier alpha value is -0.550. The summed E-state index contributed by atoms with van der Waals surface area (Å²) in [4.78, 5) is 0. The third-order valence-electron chi connectivity index (χ3n) is 2.24. The number of benzene rings is 1. The maximum Gasteiger partial charge on any atom is 0.237 e. The molecule has 1 aromatic carbocycles. The number of hydrogen-bond acceptors (Lipinski definition) is 2. The van der Waals surface area contributed by atoms with Crippen LogP contribution in [0.3, 0.4) is 0 Å². The molecule has 0 radical (unpaired) electrons. The summed E-state index contributed by atoms with van der Waals surface area (Å²) in [5, 5.41) is 0. The van der Waals surface area contributed by atoms with E-state index >= 15 is 0 Å². The van der Waals surface area contributed by atoms with Gasteiger partial charge in [-0.3, -0.25) is 4.72 Å². The highest BCUT2D eigenvalue weighted by Gasteiger charge is 2.29. The molecule has 1 rings (SSSR count). The van der Waals surface area contributed by atoms with Crippen molar-refractivity contribution in [1.82, 2.24) is 0 Å². The van der Waals surface area contributed by atoms with Crippen molar-refractivity contribution < 1.29 is 8.42 Å². The third-order valence-corrected chi connectivity index (χ3v) is 5.40. The van der Waals surface area contributed by atoms with Gasteiger partial charge in [0.25, 0.3) is 0 Å². The maximum atomic E-state index is 12.0. The zero-order valence-electron chi connectivity index (χ0n) is 9.83. The molecule has 90 valence electrons. The van der Waals surface area contributed by atoms with Crippen molar-refractivity contribution >= 4 is 31.6 Å². The van der Waals surface area contributed by atoms with Gasteiger partial charge in [-0.25, -0.2) is 8.42 Å². The second kappa shape index (κ2) is 4.37. The Morgan fingerprint density at radius 1 is 1.25 bits per heavy atom. The fraction of sp³-hybridized carbons (Fsp3) is 0.455. The molecule has 0 atom stereocenters. The van der Waals surface area contributed by atoms with Crippen LogP contribution in [-0.4, -0.2) is 13.2 Å². The fourth-order valence-electron chi connectivity index (χ4n) is 1.02. The second-order valence-electron chi connectivity index (χ2n) is 4.65. The lowest BCUT2D eigenvalue weighted by molar-refractivity contribution is 0.566. The Morgan fingerprint density at radius 2 is 1.81 bits per heavy atom. The summed E-state index contributed by atoms with van der Waals surface area (Å²) in [5.41, 5.74) is 1.57. The van der Waals surface area contributed by atoms with Crippen molar-refractivity contribution in [3.05, 3.63) is 28.2 Å². The largest absolute Gasteiger partial charge is 0.282 e. The van der Waals surface area contributed by atoms with Crippen LogP contribution >= 0.6 is 15.9 Å². The SMILES string of the molecule is Cc1cccc(NS(=O)(=O)C(C)(C)C)c1Br. The highest BCUT2D eigenvalue weighted by Crippen LogP contribution is 2.28. The van der Waals surface area contributed by atoms with Crippen molar-refractivity contribution in [1.29, 1.82) is 0 Å². The van der Waals surface area contributed by atoms with Gasteiger partial charge in [0.05, 0.1) is 10.4 Å². The highest BCUT2D eigenvalue weighted by molar-refractivity contribution is 9.10. The normalized spacial score (nSPS) is 12.6. The first-order valence-corrected chi connectivity index (χ1v) is 7.20. The number of halogens is 1. The predicted molar refractivity (Wildman–Crippen MR) is 71.2 cm³/mol. The monoisotopic (exact) mass is 305 g/mol. The lowest BCUT2D eigenvalue weighted by Gasteiger charge is -2.21. The van der Waals surface area contributed by atoms with Gasteiger partial charge in [0.2, 0.25) is 10.0 Å². The van der Waals surface area contributed by atoms with E-state index in [1.807, 2.05) is 19.1 Å².